The van der Waals surface area contributed by atoms with E-state index in [2.05, 4.69) is 5.32 Å². The van der Waals surface area contributed by atoms with Gasteiger partial charge in [-0.1, -0.05) is 37.3 Å². The fraction of sp³-hybridized carbons (Fsp3) is 0.261. The molecular formula is C23H25FN2O4S. The quantitative estimate of drug-likeness (QED) is 0.511. The van der Waals surface area contributed by atoms with E-state index in [1.165, 1.54) is 12.1 Å². The average molecular weight is 445 g/mol. The van der Waals surface area contributed by atoms with Crippen molar-refractivity contribution in [3.8, 4) is 5.75 Å². The van der Waals surface area contributed by atoms with Gasteiger partial charge in [-0.05, 0) is 53.6 Å². The third kappa shape index (κ3) is 5.73. The number of ether oxygens (including phenoxy) is 1. The molecule has 31 heavy (non-hydrogen) atoms. The summed E-state index contributed by atoms with van der Waals surface area (Å²) in [7, 11) is -3.76. The zero-order chi connectivity index (χ0) is 22.4. The monoisotopic (exact) mass is 444 g/mol. The van der Waals surface area contributed by atoms with Gasteiger partial charge in [-0.2, -0.15) is 0 Å². The molecule has 0 bridgehead atoms. The molecule has 3 aromatic rings. The number of hydrogen-bond acceptors (Lipinski definition) is 4. The van der Waals surface area contributed by atoms with Crippen molar-refractivity contribution in [3.63, 3.8) is 0 Å². The van der Waals surface area contributed by atoms with Crippen molar-refractivity contribution in [1.82, 2.24) is 5.32 Å². The molecule has 0 aromatic heterocycles. The molecule has 0 aliphatic heterocycles. The second-order valence-electron chi connectivity index (χ2n) is 7.11. The molecule has 0 saturated heterocycles. The Labute approximate surface area is 181 Å². The zero-order valence-corrected chi connectivity index (χ0v) is 18.2. The Morgan fingerprint density at radius 1 is 1.06 bits per heavy atom. The minimum atomic E-state index is -3.76. The van der Waals surface area contributed by atoms with Crippen LogP contribution in [-0.2, 0) is 14.8 Å². The van der Waals surface area contributed by atoms with Crippen LogP contribution in [0.25, 0.3) is 10.8 Å². The van der Waals surface area contributed by atoms with Crippen molar-refractivity contribution < 1.29 is 22.3 Å². The Bertz CT molecular complexity index is 1150. The Hall–Kier alpha value is -3.13. The lowest BCUT2D eigenvalue weighted by Crippen LogP contribution is -2.50. The van der Waals surface area contributed by atoms with Gasteiger partial charge in [0.15, 0.2) is 0 Å². The maximum atomic E-state index is 13.3. The molecule has 0 radical (unpaired) electrons. The highest BCUT2D eigenvalue weighted by Crippen LogP contribution is 2.23. The van der Waals surface area contributed by atoms with Crippen LogP contribution in [0.5, 0.6) is 5.75 Å². The second-order valence-corrected chi connectivity index (χ2v) is 8.97. The minimum Gasteiger partial charge on any atom is -0.492 e. The number of rotatable bonds is 9. The van der Waals surface area contributed by atoms with Gasteiger partial charge in [0.2, 0.25) is 15.9 Å². The first-order valence-electron chi connectivity index (χ1n) is 9.94. The largest absolute Gasteiger partial charge is 0.492 e. The van der Waals surface area contributed by atoms with Crippen molar-refractivity contribution in [1.29, 1.82) is 0 Å². The van der Waals surface area contributed by atoms with E-state index >= 15 is 0 Å². The molecule has 0 fully saturated rings. The number of sulfonamides is 1. The van der Waals surface area contributed by atoms with Crippen LogP contribution in [-0.4, -0.2) is 39.8 Å². The van der Waals surface area contributed by atoms with Crippen LogP contribution in [0.3, 0.4) is 0 Å². The standard InChI is InChI=1S/C23H25FN2O4S/c1-3-22(26(31(2,28)29)20-11-9-19(24)10-12-20)23(27)25-14-15-30-21-13-8-17-6-4-5-7-18(17)16-21/h4-13,16,22H,3,14-15H2,1-2H3,(H,25,27)/t22-/m0/s1. The van der Waals surface area contributed by atoms with Crippen LogP contribution in [0.4, 0.5) is 10.1 Å². The van der Waals surface area contributed by atoms with Gasteiger partial charge in [0.1, 0.15) is 24.2 Å². The van der Waals surface area contributed by atoms with Crippen LogP contribution in [0.15, 0.2) is 66.7 Å². The maximum absolute atomic E-state index is 13.3. The molecule has 1 atom stereocenters. The van der Waals surface area contributed by atoms with E-state index in [1.807, 2.05) is 42.5 Å². The summed E-state index contributed by atoms with van der Waals surface area (Å²) in [5, 5.41) is 4.89. The van der Waals surface area contributed by atoms with E-state index in [4.69, 9.17) is 4.74 Å². The van der Waals surface area contributed by atoms with E-state index < -0.39 is 27.8 Å². The van der Waals surface area contributed by atoms with Crippen molar-refractivity contribution >= 4 is 32.4 Å². The summed E-state index contributed by atoms with van der Waals surface area (Å²) in [5.74, 6) is -0.246. The van der Waals surface area contributed by atoms with Crippen molar-refractivity contribution in [2.24, 2.45) is 0 Å². The summed E-state index contributed by atoms with van der Waals surface area (Å²) < 4.78 is 44.7. The van der Waals surface area contributed by atoms with Gasteiger partial charge in [0.05, 0.1) is 18.5 Å². The molecule has 0 aliphatic carbocycles. The minimum absolute atomic E-state index is 0.211. The van der Waals surface area contributed by atoms with Crippen molar-refractivity contribution in [2.75, 3.05) is 23.7 Å². The molecule has 0 saturated carbocycles. The number of halogens is 1. The Morgan fingerprint density at radius 3 is 2.39 bits per heavy atom. The SMILES string of the molecule is CC[C@@H](C(=O)NCCOc1ccc2ccccc2c1)N(c1ccc(F)cc1)S(C)(=O)=O. The number of benzene rings is 3. The molecule has 0 heterocycles. The van der Waals surface area contributed by atoms with Crippen LogP contribution in [0.2, 0.25) is 0 Å². The molecule has 164 valence electrons. The number of carbonyl (C=O) groups excluding carboxylic acids is 1. The number of amides is 1. The Kier molecular flexibility index (Phi) is 7.12. The van der Waals surface area contributed by atoms with Gasteiger partial charge in [0, 0.05) is 0 Å². The third-order valence-corrected chi connectivity index (χ3v) is 5.98. The molecule has 1 N–H and O–H groups in total. The first-order chi connectivity index (χ1) is 14.8. The van der Waals surface area contributed by atoms with E-state index in [1.54, 1.807) is 6.92 Å². The molecule has 8 heteroatoms. The lowest BCUT2D eigenvalue weighted by molar-refractivity contribution is -0.122. The summed E-state index contributed by atoms with van der Waals surface area (Å²) >= 11 is 0. The molecule has 3 aromatic carbocycles. The van der Waals surface area contributed by atoms with Gasteiger partial charge in [-0.25, -0.2) is 12.8 Å². The van der Waals surface area contributed by atoms with Gasteiger partial charge in [-0.15, -0.1) is 0 Å². The van der Waals surface area contributed by atoms with E-state index in [0.29, 0.717) is 5.75 Å². The van der Waals surface area contributed by atoms with Gasteiger partial charge >= 0.3 is 0 Å². The lowest BCUT2D eigenvalue weighted by atomic mass is 10.1. The highest BCUT2D eigenvalue weighted by atomic mass is 32.2. The summed E-state index contributed by atoms with van der Waals surface area (Å²) in [6.07, 6.45) is 1.27. The maximum Gasteiger partial charge on any atom is 0.244 e. The van der Waals surface area contributed by atoms with E-state index in [9.17, 15) is 17.6 Å². The fourth-order valence-corrected chi connectivity index (χ4v) is 4.58. The second kappa shape index (κ2) is 9.78. The smallest absolute Gasteiger partial charge is 0.244 e. The van der Waals surface area contributed by atoms with Crippen LogP contribution >= 0.6 is 0 Å². The topological polar surface area (TPSA) is 75.7 Å². The predicted octanol–water partition coefficient (Wildman–Crippen LogP) is 3.72. The lowest BCUT2D eigenvalue weighted by Gasteiger charge is -2.30. The number of carbonyl (C=O) groups is 1. The molecular weight excluding hydrogens is 419 g/mol. The van der Waals surface area contributed by atoms with Gasteiger partial charge in [-0.3, -0.25) is 9.10 Å². The van der Waals surface area contributed by atoms with Crippen molar-refractivity contribution in [2.45, 2.75) is 19.4 Å². The van der Waals surface area contributed by atoms with Gasteiger partial charge < -0.3 is 10.1 Å². The predicted molar refractivity (Wildman–Crippen MR) is 120 cm³/mol. The fourth-order valence-electron chi connectivity index (χ4n) is 3.37. The molecule has 3 rings (SSSR count). The van der Waals surface area contributed by atoms with E-state index in [0.717, 1.165) is 33.5 Å². The number of fused-ring (bicyclic) bond motifs is 1. The molecule has 6 nitrogen and oxygen atoms in total. The molecule has 1 amide bonds. The number of hydrogen-bond donors (Lipinski definition) is 1. The number of nitrogens with one attached hydrogen (secondary N) is 1. The van der Waals surface area contributed by atoms with E-state index in [-0.39, 0.29) is 25.3 Å². The molecule has 0 unspecified atom stereocenters. The Morgan fingerprint density at radius 2 is 1.74 bits per heavy atom. The zero-order valence-electron chi connectivity index (χ0n) is 17.4. The summed E-state index contributed by atoms with van der Waals surface area (Å²) in [6, 6.07) is 17.7. The van der Waals surface area contributed by atoms with Crippen LogP contribution in [0.1, 0.15) is 13.3 Å². The summed E-state index contributed by atoms with van der Waals surface area (Å²) in [4.78, 5) is 12.7. The normalized spacial score (nSPS) is 12.4. The molecule has 0 spiro atoms. The number of nitrogens with zero attached hydrogens (tertiary/aromatic N) is 1. The van der Waals surface area contributed by atoms with Crippen LogP contribution < -0.4 is 14.4 Å². The van der Waals surface area contributed by atoms with Crippen molar-refractivity contribution in [3.05, 3.63) is 72.5 Å². The average Bonchev–Trinajstić information content (AvgIpc) is 2.74. The highest BCUT2D eigenvalue weighted by Gasteiger charge is 2.31. The summed E-state index contributed by atoms with van der Waals surface area (Å²) in [6.45, 7) is 2.16. The van der Waals surface area contributed by atoms with Gasteiger partial charge in [0.25, 0.3) is 0 Å². The highest BCUT2D eigenvalue weighted by molar-refractivity contribution is 7.92. The summed E-state index contributed by atoms with van der Waals surface area (Å²) in [5.41, 5.74) is 0.235. The van der Waals surface area contributed by atoms with Crippen LogP contribution in [0, 0.1) is 5.82 Å². The molecule has 0 aliphatic rings. The first kappa shape index (κ1) is 22.6. The third-order valence-electron chi connectivity index (χ3n) is 4.80. The Balaban J connectivity index is 1.63. The number of anilines is 1. The first-order valence-corrected chi connectivity index (χ1v) is 11.8.